The van der Waals surface area contributed by atoms with E-state index in [4.69, 9.17) is 11.6 Å². The molecule has 0 amide bonds. The summed E-state index contributed by atoms with van der Waals surface area (Å²) in [6, 6.07) is 5.03. The molecule has 2 aliphatic rings. The molecule has 2 fully saturated rings. The third-order valence-corrected chi connectivity index (χ3v) is 4.51. The molecule has 1 saturated carbocycles. The molecule has 0 radical (unpaired) electrons. The highest BCUT2D eigenvalue weighted by molar-refractivity contribution is 6.31. The molecule has 2 nitrogen and oxygen atoms in total. The molecule has 1 aliphatic carbocycles. The Hall–Kier alpha value is -0.640. The lowest BCUT2D eigenvalue weighted by atomic mass is 9.98. The molecule has 0 spiro atoms. The molecule has 1 N–H and O–H groups in total. The van der Waals surface area contributed by atoms with Gasteiger partial charge in [-0.1, -0.05) is 24.4 Å². The van der Waals surface area contributed by atoms with Gasteiger partial charge in [0.05, 0.1) is 0 Å². The van der Waals surface area contributed by atoms with Crippen LogP contribution in [0.4, 0.5) is 4.39 Å². The molecule has 1 saturated heterocycles. The van der Waals surface area contributed by atoms with E-state index in [2.05, 4.69) is 10.2 Å². The molecule has 0 aromatic heterocycles. The Morgan fingerprint density at radius 1 is 1.32 bits per heavy atom. The summed E-state index contributed by atoms with van der Waals surface area (Å²) in [6.45, 7) is 4.05. The second kappa shape index (κ2) is 5.78. The second-order valence-corrected chi connectivity index (χ2v) is 6.05. The van der Waals surface area contributed by atoms with Crippen LogP contribution in [0, 0.1) is 11.7 Å². The molecule has 1 heterocycles. The number of benzene rings is 1. The first kappa shape index (κ1) is 13.3. The van der Waals surface area contributed by atoms with Crippen LogP contribution in [0.25, 0.3) is 0 Å². The minimum Gasteiger partial charge on any atom is -0.314 e. The van der Waals surface area contributed by atoms with Crippen LogP contribution < -0.4 is 5.32 Å². The van der Waals surface area contributed by atoms with Gasteiger partial charge in [0.15, 0.2) is 0 Å². The smallest absolute Gasteiger partial charge is 0.123 e. The van der Waals surface area contributed by atoms with E-state index in [0.29, 0.717) is 5.02 Å². The first-order chi connectivity index (χ1) is 9.24. The Kier molecular flexibility index (Phi) is 4.06. The summed E-state index contributed by atoms with van der Waals surface area (Å²) in [4.78, 5) is 2.45. The minimum absolute atomic E-state index is 0.185. The van der Waals surface area contributed by atoms with Crippen molar-refractivity contribution in [1.82, 2.24) is 10.2 Å². The standard InChI is InChI=1S/C15H20ClFN2/c16-14-4-3-12(17)10-13(14)15(9-11-1-2-11)19-7-5-18-6-8-19/h3-4,10-11,15,18H,1-2,5-9H2/t15-/m0/s1. The van der Waals surface area contributed by atoms with Gasteiger partial charge >= 0.3 is 0 Å². The third-order valence-electron chi connectivity index (χ3n) is 4.16. The van der Waals surface area contributed by atoms with Crippen LogP contribution in [-0.4, -0.2) is 31.1 Å². The highest BCUT2D eigenvalue weighted by Crippen LogP contribution is 2.41. The topological polar surface area (TPSA) is 15.3 Å². The zero-order chi connectivity index (χ0) is 13.2. The molecular weight excluding hydrogens is 263 g/mol. The lowest BCUT2D eigenvalue weighted by Gasteiger charge is -2.35. The van der Waals surface area contributed by atoms with Gasteiger partial charge < -0.3 is 5.32 Å². The Morgan fingerprint density at radius 2 is 2.05 bits per heavy atom. The van der Waals surface area contributed by atoms with Gasteiger partial charge in [0, 0.05) is 37.2 Å². The summed E-state index contributed by atoms with van der Waals surface area (Å²) < 4.78 is 13.5. The number of nitrogens with zero attached hydrogens (tertiary/aromatic N) is 1. The number of halogens is 2. The van der Waals surface area contributed by atoms with Crippen LogP contribution in [0.3, 0.4) is 0 Å². The maximum atomic E-state index is 13.5. The fraction of sp³-hybridized carbons (Fsp3) is 0.600. The number of hydrogen-bond donors (Lipinski definition) is 1. The lowest BCUT2D eigenvalue weighted by Crippen LogP contribution is -2.45. The van der Waals surface area contributed by atoms with Crippen molar-refractivity contribution >= 4 is 11.6 Å². The summed E-state index contributed by atoms with van der Waals surface area (Å²) in [5, 5.41) is 4.07. The van der Waals surface area contributed by atoms with Crippen LogP contribution >= 0.6 is 11.6 Å². The largest absolute Gasteiger partial charge is 0.314 e. The molecule has 0 unspecified atom stereocenters. The Balaban J connectivity index is 1.85. The van der Waals surface area contributed by atoms with E-state index in [9.17, 15) is 4.39 Å². The summed E-state index contributed by atoms with van der Waals surface area (Å²) in [6.07, 6.45) is 3.74. The average Bonchev–Trinajstić information content (AvgIpc) is 3.24. The molecule has 4 heteroatoms. The Morgan fingerprint density at radius 3 is 2.74 bits per heavy atom. The first-order valence-electron chi connectivity index (χ1n) is 7.14. The lowest BCUT2D eigenvalue weighted by molar-refractivity contribution is 0.160. The quantitative estimate of drug-likeness (QED) is 0.912. The normalized spacial score (nSPS) is 22.4. The van der Waals surface area contributed by atoms with Gasteiger partial charge in [-0.05, 0) is 36.1 Å². The van der Waals surface area contributed by atoms with Gasteiger partial charge in [-0.15, -0.1) is 0 Å². The van der Waals surface area contributed by atoms with Gasteiger partial charge in [0.1, 0.15) is 5.82 Å². The Bertz CT molecular complexity index is 442. The predicted molar refractivity (Wildman–Crippen MR) is 75.9 cm³/mol. The van der Waals surface area contributed by atoms with Crippen molar-refractivity contribution in [1.29, 1.82) is 0 Å². The van der Waals surface area contributed by atoms with Crippen LogP contribution in [0.15, 0.2) is 18.2 Å². The molecule has 1 aromatic carbocycles. The van der Waals surface area contributed by atoms with E-state index in [1.807, 2.05) is 0 Å². The molecule has 0 bridgehead atoms. The van der Waals surface area contributed by atoms with Crippen molar-refractivity contribution in [2.75, 3.05) is 26.2 Å². The van der Waals surface area contributed by atoms with Crippen LogP contribution in [0.2, 0.25) is 5.02 Å². The SMILES string of the molecule is Fc1ccc(Cl)c([C@H](CC2CC2)N2CCNCC2)c1. The van der Waals surface area contributed by atoms with Gasteiger partial charge in [-0.3, -0.25) is 4.90 Å². The highest BCUT2D eigenvalue weighted by Gasteiger charge is 2.31. The second-order valence-electron chi connectivity index (χ2n) is 5.65. The van der Waals surface area contributed by atoms with Crippen LogP contribution in [0.1, 0.15) is 30.9 Å². The van der Waals surface area contributed by atoms with E-state index in [-0.39, 0.29) is 11.9 Å². The molecule has 1 atom stereocenters. The third kappa shape index (κ3) is 3.28. The highest BCUT2D eigenvalue weighted by atomic mass is 35.5. The van der Waals surface area contributed by atoms with Gasteiger partial charge in [-0.2, -0.15) is 0 Å². The summed E-state index contributed by atoms with van der Waals surface area (Å²) in [7, 11) is 0. The zero-order valence-electron chi connectivity index (χ0n) is 11.0. The van der Waals surface area contributed by atoms with E-state index in [0.717, 1.165) is 44.1 Å². The molecule has 1 aromatic rings. The number of rotatable bonds is 4. The molecule has 3 rings (SSSR count). The van der Waals surface area contributed by atoms with Gasteiger partial charge in [-0.25, -0.2) is 4.39 Å². The average molecular weight is 283 g/mol. The van der Waals surface area contributed by atoms with Crippen molar-refractivity contribution in [2.45, 2.75) is 25.3 Å². The molecular formula is C15H20ClFN2. The van der Waals surface area contributed by atoms with Crippen molar-refractivity contribution in [2.24, 2.45) is 5.92 Å². The van der Waals surface area contributed by atoms with Crippen molar-refractivity contribution in [3.63, 3.8) is 0 Å². The summed E-state index contributed by atoms with van der Waals surface area (Å²) >= 11 is 6.31. The number of piperazine rings is 1. The molecule has 1 aliphatic heterocycles. The fourth-order valence-corrected chi connectivity index (χ4v) is 3.15. The Labute approximate surface area is 118 Å². The number of hydrogen-bond acceptors (Lipinski definition) is 2. The van der Waals surface area contributed by atoms with Crippen LogP contribution in [0.5, 0.6) is 0 Å². The maximum Gasteiger partial charge on any atom is 0.123 e. The minimum atomic E-state index is -0.185. The summed E-state index contributed by atoms with van der Waals surface area (Å²) in [5.41, 5.74) is 0.968. The van der Waals surface area contributed by atoms with Gasteiger partial charge in [0.25, 0.3) is 0 Å². The van der Waals surface area contributed by atoms with Crippen molar-refractivity contribution < 1.29 is 4.39 Å². The van der Waals surface area contributed by atoms with E-state index in [1.165, 1.54) is 18.9 Å². The predicted octanol–water partition coefficient (Wildman–Crippen LogP) is 3.23. The van der Waals surface area contributed by atoms with Crippen molar-refractivity contribution in [3.05, 3.63) is 34.6 Å². The summed E-state index contributed by atoms with van der Waals surface area (Å²) in [5.74, 6) is 0.620. The molecule has 104 valence electrons. The maximum absolute atomic E-state index is 13.5. The van der Waals surface area contributed by atoms with E-state index < -0.39 is 0 Å². The number of nitrogens with one attached hydrogen (secondary N) is 1. The van der Waals surface area contributed by atoms with Gasteiger partial charge in [0.2, 0.25) is 0 Å². The van der Waals surface area contributed by atoms with E-state index >= 15 is 0 Å². The fourth-order valence-electron chi connectivity index (χ4n) is 2.91. The van der Waals surface area contributed by atoms with E-state index in [1.54, 1.807) is 12.1 Å². The van der Waals surface area contributed by atoms with Crippen LogP contribution in [-0.2, 0) is 0 Å². The van der Waals surface area contributed by atoms with Crippen molar-refractivity contribution in [3.8, 4) is 0 Å². The first-order valence-corrected chi connectivity index (χ1v) is 7.51. The molecule has 19 heavy (non-hydrogen) atoms. The monoisotopic (exact) mass is 282 g/mol. The zero-order valence-corrected chi connectivity index (χ0v) is 11.8.